The zero-order valence-corrected chi connectivity index (χ0v) is 45.7. The minimum atomic E-state index is -4.39. The predicted octanol–water partition coefficient (Wildman–Crippen LogP) is 16.9. The molecule has 0 aromatic carbocycles. The van der Waals surface area contributed by atoms with E-state index in [9.17, 15) is 19.0 Å². The summed E-state index contributed by atoms with van der Waals surface area (Å²) in [6.45, 7) is 4.28. The van der Waals surface area contributed by atoms with Crippen molar-refractivity contribution >= 4 is 19.8 Å². The van der Waals surface area contributed by atoms with E-state index in [1.807, 2.05) is 21.1 Å². The van der Waals surface area contributed by atoms with Crippen LogP contribution in [0.4, 0.5) is 0 Å². The van der Waals surface area contributed by atoms with Gasteiger partial charge in [0.05, 0.1) is 27.7 Å². The molecule has 0 rings (SSSR count). The standard InChI is InChI=1S/C59H102NO8P/c1-6-8-10-12-14-16-18-20-22-24-26-27-28-29-30-31-32-33-34-36-38-40-42-44-46-48-50-52-59(62)68-57(56-67-69(63,64)66-54-53-60(3,4)5)55-65-58(61)51-49-47-45-43-41-39-37-35-25-23-21-19-17-15-13-11-9-7-2/h8,10,14,16-17,19-20,22-23,25-27,29-30,32-33,57H,6-7,9,11-13,15,18,21,24,28,31,34-56H2,1-5H3/p+1/b10-8-,16-14-,19-17-,22-20-,25-23-,27-26-,30-29-,33-32-. The third-order valence-corrected chi connectivity index (χ3v) is 12.3. The second-order valence-electron chi connectivity index (χ2n) is 19.2. The summed E-state index contributed by atoms with van der Waals surface area (Å²) < 4.78 is 34.5. The summed E-state index contributed by atoms with van der Waals surface area (Å²) in [6.07, 6.45) is 67.4. The van der Waals surface area contributed by atoms with Crippen molar-refractivity contribution in [2.24, 2.45) is 0 Å². The normalized spacial score (nSPS) is 14.1. The van der Waals surface area contributed by atoms with Crippen LogP contribution in [-0.4, -0.2) is 74.9 Å². The maximum atomic E-state index is 12.8. The number of phosphoric ester groups is 1. The highest BCUT2D eigenvalue weighted by atomic mass is 31.2. The fourth-order valence-corrected chi connectivity index (χ4v) is 7.85. The third kappa shape index (κ3) is 54.1. The smallest absolute Gasteiger partial charge is 0.462 e. The molecule has 396 valence electrons. The summed E-state index contributed by atoms with van der Waals surface area (Å²) in [4.78, 5) is 35.6. The molecule has 0 amide bonds. The number of esters is 2. The van der Waals surface area contributed by atoms with Crippen LogP contribution in [0, 0.1) is 0 Å². The van der Waals surface area contributed by atoms with Gasteiger partial charge in [-0.3, -0.25) is 18.6 Å². The topological polar surface area (TPSA) is 108 Å². The van der Waals surface area contributed by atoms with Gasteiger partial charge < -0.3 is 18.9 Å². The van der Waals surface area contributed by atoms with Gasteiger partial charge in [0.15, 0.2) is 6.10 Å². The van der Waals surface area contributed by atoms with E-state index in [2.05, 4.69) is 111 Å². The summed E-state index contributed by atoms with van der Waals surface area (Å²) in [7, 11) is 1.45. The minimum absolute atomic E-state index is 0.0236. The van der Waals surface area contributed by atoms with Gasteiger partial charge in [-0.1, -0.05) is 201 Å². The lowest BCUT2D eigenvalue weighted by atomic mass is 10.1. The van der Waals surface area contributed by atoms with Gasteiger partial charge in [-0.05, 0) is 96.3 Å². The maximum Gasteiger partial charge on any atom is 0.472 e. The molecule has 1 N–H and O–H groups in total. The first-order valence-corrected chi connectivity index (χ1v) is 29.0. The molecule has 0 aliphatic carbocycles. The van der Waals surface area contributed by atoms with Crippen LogP contribution in [0.1, 0.15) is 213 Å². The van der Waals surface area contributed by atoms with Crippen LogP contribution in [0.5, 0.6) is 0 Å². The Morgan fingerprint density at radius 1 is 0.464 bits per heavy atom. The van der Waals surface area contributed by atoms with Gasteiger partial charge in [-0.2, -0.15) is 0 Å². The monoisotopic (exact) mass is 985 g/mol. The van der Waals surface area contributed by atoms with Crippen molar-refractivity contribution in [1.82, 2.24) is 0 Å². The fourth-order valence-electron chi connectivity index (χ4n) is 7.11. The number of phosphoric acid groups is 1. The quantitative estimate of drug-likeness (QED) is 0.0211. The van der Waals surface area contributed by atoms with E-state index in [4.69, 9.17) is 18.5 Å². The molecule has 69 heavy (non-hydrogen) atoms. The van der Waals surface area contributed by atoms with Crippen molar-refractivity contribution in [3.63, 3.8) is 0 Å². The molecule has 0 aliphatic heterocycles. The number of unbranched alkanes of at least 4 members (excludes halogenated alkanes) is 19. The lowest BCUT2D eigenvalue weighted by Gasteiger charge is -2.24. The number of hydrogen-bond donors (Lipinski definition) is 1. The molecule has 0 aliphatic rings. The average molecular weight is 985 g/mol. The molecule has 0 aromatic heterocycles. The molecule has 10 heteroatoms. The molecule has 0 radical (unpaired) electrons. The summed E-state index contributed by atoms with van der Waals surface area (Å²) in [5.74, 6) is -0.821. The first-order chi connectivity index (χ1) is 33.5. The zero-order chi connectivity index (χ0) is 50.6. The van der Waals surface area contributed by atoms with E-state index in [-0.39, 0.29) is 32.0 Å². The number of hydrogen-bond acceptors (Lipinski definition) is 7. The number of allylic oxidation sites excluding steroid dienone is 16. The van der Waals surface area contributed by atoms with E-state index in [0.717, 1.165) is 103 Å². The van der Waals surface area contributed by atoms with Crippen LogP contribution in [0.3, 0.4) is 0 Å². The van der Waals surface area contributed by atoms with Crippen molar-refractivity contribution in [2.45, 2.75) is 219 Å². The van der Waals surface area contributed by atoms with Crippen molar-refractivity contribution in [3.05, 3.63) is 97.2 Å². The Labute approximate surface area is 423 Å². The Balaban J connectivity index is 4.26. The second kappa shape index (κ2) is 49.9. The van der Waals surface area contributed by atoms with Crippen molar-refractivity contribution < 1.29 is 42.1 Å². The van der Waals surface area contributed by atoms with E-state index < -0.39 is 26.5 Å². The summed E-state index contributed by atoms with van der Waals surface area (Å²) in [5.41, 5.74) is 0. The van der Waals surface area contributed by atoms with Gasteiger partial charge in [0.2, 0.25) is 0 Å². The van der Waals surface area contributed by atoms with E-state index >= 15 is 0 Å². The summed E-state index contributed by atoms with van der Waals surface area (Å²) in [5, 5.41) is 0. The Morgan fingerprint density at radius 2 is 0.826 bits per heavy atom. The summed E-state index contributed by atoms with van der Waals surface area (Å²) in [6, 6.07) is 0. The molecular weight excluding hydrogens is 882 g/mol. The molecule has 0 saturated heterocycles. The van der Waals surface area contributed by atoms with Crippen molar-refractivity contribution in [1.29, 1.82) is 0 Å². The molecule has 0 fully saturated rings. The van der Waals surface area contributed by atoms with Crippen LogP contribution in [0.2, 0.25) is 0 Å². The molecule has 0 heterocycles. The van der Waals surface area contributed by atoms with Crippen LogP contribution in [-0.2, 0) is 32.7 Å². The molecular formula is C59H103NO8P+. The van der Waals surface area contributed by atoms with Crippen molar-refractivity contribution in [2.75, 3.05) is 47.5 Å². The number of nitrogens with zero attached hydrogens (tertiary/aromatic N) is 1. The molecule has 0 spiro atoms. The first-order valence-electron chi connectivity index (χ1n) is 27.5. The Bertz CT molecular complexity index is 1490. The van der Waals surface area contributed by atoms with Gasteiger partial charge in [0, 0.05) is 12.8 Å². The number of rotatable bonds is 49. The first kappa shape index (κ1) is 65.9. The number of ether oxygens (including phenoxy) is 2. The van der Waals surface area contributed by atoms with Crippen molar-refractivity contribution in [3.8, 4) is 0 Å². The number of carbonyl (C=O) groups is 2. The van der Waals surface area contributed by atoms with Gasteiger partial charge in [0.25, 0.3) is 0 Å². The maximum absolute atomic E-state index is 12.8. The van der Waals surface area contributed by atoms with Crippen LogP contribution in [0.15, 0.2) is 97.2 Å². The highest BCUT2D eigenvalue weighted by Crippen LogP contribution is 2.43. The highest BCUT2D eigenvalue weighted by molar-refractivity contribution is 7.47. The fraction of sp³-hybridized carbons (Fsp3) is 0.695. The van der Waals surface area contributed by atoms with E-state index in [0.29, 0.717) is 17.4 Å². The molecule has 2 unspecified atom stereocenters. The van der Waals surface area contributed by atoms with Gasteiger partial charge in [-0.25, -0.2) is 4.57 Å². The molecule has 2 atom stereocenters. The van der Waals surface area contributed by atoms with E-state index in [1.165, 1.54) is 77.0 Å². The Kier molecular flexibility index (Phi) is 47.7. The highest BCUT2D eigenvalue weighted by Gasteiger charge is 2.27. The minimum Gasteiger partial charge on any atom is -0.462 e. The predicted molar refractivity (Wildman–Crippen MR) is 293 cm³/mol. The van der Waals surface area contributed by atoms with Gasteiger partial charge in [0.1, 0.15) is 19.8 Å². The van der Waals surface area contributed by atoms with Crippen LogP contribution < -0.4 is 0 Å². The number of likely N-dealkylation sites (N-methyl/N-ethyl adjacent to an activating group) is 1. The summed E-state index contributed by atoms with van der Waals surface area (Å²) >= 11 is 0. The SMILES string of the molecule is CC/C=C\C/C=C\C/C=C\C/C=C\C/C=C\C/C=C\CCCCCCCCCCC(=O)OC(COC(=O)CCCCCCCCC/C=C\C/C=C\CCCCCC)COP(=O)(O)OCC[N+](C)(C)C. The van der Waals surface area contributed by atoms with Crippen LogP contribution >= 0.6 is 7.82 Å². The van der Waals surface area contributed by atoms with Gasteiger partial charge >= 0.3 is 19.8 Å². The number of quaternary nitrogens is 1. The number of carbonyl (C=O) groups excluding carboxylic acids is 2. The lowest BCUT2D eigenvalue weighted by molar-refractivity contribution is -0.870. The third-order valence-electron chi connectivity index (χ3n) is 11.3. The Morgan fingerprint density at radius 3 is 1.23 bits per heavy atom. The largest absolute Gasteiger partial charge is 0.472 e. The average Bonchev–Trinajstić information content (AvgIpc) is 3.31. The zero-order valence-electron chi connectivity index (χ0n) is 44.8. The van der Waals surface area contributed by atoms with E-state index in [1.54, 1.807) is 0 Å². The molecule has 0 bridgehead atoms. The lowest BCUT2D eigenvalue weighted by Crippen LogP contribution is -2.37. The van der Waals surface area contributed by atoms with Gasteiger partial charge in [-0.15, -0.1) is 0 Å². The second-order valence-corrected chi connectivity index (χ2v) is 20.7. The van der Waals surface area contributed by atoms with Crippen LogP contribution in [0.25, 0.3) is 0 Å². The molecule has 9 nitrogen and oxygen atoms in total. The molecule has 0 aromatic rings. The molecule has 0 saturated carbocycles. The Hall–Kier alpha value is -3.07.